The number of benzene rings is 3. The van der Waals surface area contributed by atoms with Crippen LogP contribution in [-0.4, -0.2) is 44.2 Å². The largest absolute Gasteiger partial charge is 0.455 e. The molecule has 9 nitrogen and oxygen atoms in total. The molecular formula is C33H29FN4O5S. The van der Waals surface area contributed by atoms with Crippen molar-refractivity contribution < 1.29 is 22.0 Å². The summed E-state index contributed by atoms with van der Waals surface area (Å²) in [5.74, 6) is -0.451. The van der Waals surface area contributed by atoms with Crippen molar-refractivity contribution in [2.45, 2.75) is 13.3 Å². The number of nitrogens with zero attached hydrogens (tertiary/aromatic N) is 3. The van der Waals surface area contributed by atoms with Crippen molar-refractivity contribution in [3.63, 3.8) is 0 Å². The van der Waals surface area contributed by atoms with E-state index < -0.39 is 10.0 Å². The molecule has 5 aromatic rings. The minimum atomic E-state index is -3.76. The van der Waals surface area contributed by atoms with E-state index >= 15 is 0 Å². The van der Waals surface area contributed by atoms with Crippen molar-refractivity contribution >= 4 is 44.2 Å². The zero-order valence-corrected chi connectivity index (χ0v) is 25.5. The minimum Gasteiger partial charge on any atom is -0.455 e. The quantitative estimate of drug-likeness (QED) is 0.283. The first-order valence-corrected chi connectivity index (χ1v) is 15.6. The van der Waals surface area contributed by atoms with Gasteiger partial charge in [0.2, 0.25) is 10.0 Å². The Bertz CT molecular complexity index is 2200. The Morgan fingerprint density at radius 1 is 1.14 bits per heavy atom. The van der Waals surface area contributed by atoms with E-state index in [2.05, 4.69) is 5.32 Å². The Balaban J connectivity index is 1.63. The van der Waals surface area contributed by atoms with Crippen molar-refractivity contribution in [3.05, 3.63) is 105 Å². The lowest BCUT2D eigenvalue weighted by atomic mass is 10.0. The number of carbonyl (C=O) groups excluding carboxylic acids is 1. The number of halogens is 1. The number of rotatable bonds is 6. The molecule has 0 radical (unpaired) electrons. The summed E-state index contributed by atoms with van der Waals surface area (Å²) < 4.78 is 48.8. The number of amides is 1. The van der Waals surface area contributed by atoms with Crippen molar-refractivity contribution in [2.24, 2.45) is 7.05 Å². The molecule has 1 aliphatic carbocycles. The number of carbonyl (C=O) groups is 1. The Kier molecular flexibility index (Phi) is 7.00. The fraction of sp³-hybridized carbons (Fsp3) is 0.182. The van der Waals surface area contributed by atoms with Gasteiger partial charge < -0.3 is 14.3 Å². The second kappa shape index (κ2) is 10.6. The van der Waals surface area contributed by atoms with Crippen LogP contribution in [0.5, 0.6) is 0 Å². The molecule has 2 aromatic heterocycles. The highest BCUT2D eigenvalue weighted by Gasteiger charge is 2.28. The summed E-state index contributed by atoms with van der Waals surface area (Å²) in [5, 5.41) is 3.11. The number of fused-ring (bicyclic) bond motifs is 2. The summed E-state index contributed by atoms with van der Waals surface area (Å²) in [6.07, 6.45) is 4.52. The van der Waals surface area contributed by atoms with Crippen molar-refractivity contribution in [1.29, 1.82) is 0 Å². The fourth-order valence-electron chi connectivity index (χ4n) is 5.46. The Morgan fingerprint density at radius 3 is 2.52 bits per heavy atom. The van der Waals surface area contributed by atoms with Crippen LogP contribution < -0.4 is 15.2 Å². The van der Waals surface area contributed by atoms with Gasteiger partial charge in [0.15, 0.2) is 0 Å². The van der Waals surface area contributed by atoms with Crippen LogP contribution in [0.4, 0.5) is 10.1 Å². The number of furan rings is 1. The van der Waals surface area contributed by atoms with Gasteiger partial charge >= 0.3 is 0 Å². The van der Waals surface area contributed by atoms with Crippen LogP contribution in [-0.2, 0) is 23.5 Å². The van der Waals surface area contributed by atoms with E-state index in [4.69, 9.17) is 9.40 Å². The molecule has 3 aromatic carbocycles. The van der Waals surface area contributed by atoms with Gasteiger partial charge in [0.1, 0.15) is 22.9 Å². The van der Waals surface area contributed by atoms with E-state index in [-0.39, 0.29) is 39.9 Å². The molecule has 1 amide bonds. The molecule has 44 heavy (non-hydrogen) atoms. The maximum atomic E-state index is 14.5. The number of anilines is 1. The number of aromatic nitrogens is 2. The van der Waals surface area contributed by atoms with Gasteiger partial charge in [0, 0.05) is 61.9 Å². The Morgan fingerprint density at radius 2 is 1.86 bits per heavy atom. The molecule has 0 saturated heterocycles. The summed E-state index contributed by atoms with van der Waals surface area (Å²) in [4.78, 5) is 31.3. The smallest absolute Gasteiger partial charge is 0.276 e. The van der Waals surface area contributed by atoms with Gasteiger partial charge in [-0.05, 0) is 36.3 Å². The fourth-order valence-corrected chi connectivity index (χ4v) is 5.97. The van der Waals surface area contributed by atoms with Gasteiger partial charge in [0.05, 0.1) is 23.2 Å². The molecule has 0 spiro atoms. The van der Waals surface area contributed by atoms with Crippen LogP contribution in [0.15, 0.2) is 70.0 Å². The third-order valence-electron chi connectivity index (χ3n) is 7.90. The highest BCUT2D eigenvalue weighted by Crippen LogP contribution is 2.41. The summed E-state index contributed by atoms with van der Waals surface area (Å²) >= 11 is 0. The summed E-state index contributed by atoms with van der Waals surface area (Å²) in [6.45, 7) is 1.95. The van der Waals surface area contributed by atoms with Crippen molar-refractivity contribution in [3.8, 4) is 22.6 Å². The minimum absolute atomic E-state index is 0.118. The van der Waals surface area contributed by atoms with Crippen LogP contribution in [0.3, 0.4) is 0 Å². The summed E-state index contributed by atoms with van der Waals surface area (Å²) in [6, 6.07) is 15.5. The average Bonchev–Trinajstić information content (AvgIpc) is 3.59. The molecule has 2 heterocycles. The molecule has 0 unspecified atom stereocenters. The maximum absolute atomic E-state index is 14.5. The lowest BCUT2D eigenvalue weighted by Gasteiger charge is -2.21. The normalized spacial score (nSPS) is 12.7. The first-order valence-electron chi connectivity index (χ1n) is 13.8. The highest BCUT2D eigenvalue weighted by atomic mass is 32.2. The first kappa shape index (κ1) is 29.1. The van der Waals surface area contributed by atoms with E-state index in [1.807, 2.05) is 31.2 Å². The van der Waals surface area contributed by atoms with Crippen LogP contribution in [0.2, 0.25) is 0 Å². The number of hydrogen-bond acceptors (Lipinski definition) is 6. The molecule has 0 bridgehead atoms. The molecule has 1 aliphatic rings. The zero-order valence-electron chi connectivity index (χ0n) is 24.7. The third kappa shape index (κ3) is 4.88. The number of nitrogens with one attached hydrogen (secondary N) is 1. The predicted molar refractivity (Wildman–Crippen MR) is 169 cm³/mol. The van der Waals surface area contributed by atoms with Gasteiger partial charge in [0.25, 0.3) is 11.5 Å². The van der Waals surface area contributed by atoms with E-state index in [1.165, 1.54) is 30.9 Å². The second-order valence-corrected chi connectivity index (χ2v) is 12.9. The first-order chi connectivity index (χ1) is 20.9. The molecule has 11 heteroatoms. The van der Waals surface area contributed by atoms with Crippen LogP contribution in [0.1, 0.15) is 32.7 Å². The van der Waals surface area contributed by atoms with E-state index in [1.54, 1.807) is 37.4 Å². The number of sulfonamides is 1. The molecule has 0 aliphatic heterocycles. The van der Waals surface area contributed by atoms with Gasteiger partial charge in [-0.25, -0.2) is 17.8 Å². The van der Waals surface area contributed by atoms with E-state index in [9.17, 15) is 22.4 Å². The molecule has 0 saturated carbocycles. The average molecular weight is 613 g/mol. The Labute approximate surface area is 253 Å². The van der Waals surface area contributed by atoms with Crippen molar-refractivity contribution in [2.75, 3.05) is 24.7 Å². The molecular weight excluding hydrogens is 583 g/mol. The summed E-state index contributed by atoms with van der Waals surface area (Å²) in [5.41, 5.74) is 4.58. The molecule has 0 atom stereocenters. The second-order valence-electron chi connectivity index (χ2n) is 10.9. The van der Waals surface area contributed by atoms with Gasteiger partial charge in [-0.2, -0.15) is 0 Å². The zero-order chi connectivity index (χ0) is 31.5. The lowest BCUT2D eigenvalue weighted by Crippen LogP contribution is -2.26. The maximum Gasteiger partial charge on any atom is 0.276 e. The number of hydrogen-bond donors (Lipinski definition) is 1. The lowest BCUT2D eigenvalue weighted by molar-refractivity contribution is 0.0964. The highest BCUT2D eigenvalue weighted by molar-refractivity contribution is 7.92. The van der Waals surface area contributed by atoms with Gasteiger partial charge in [-0.1, -0.05) is 42.0 Å². The monoisotopic (exact) mass is 612 g/mol. The number of aryl methyl sites for hydroxylation is 2. The third-order valence-corrected chi connectivity index (χ3v) is 9.10. The number of allylic oxidation sites excluding steroid dienone is 1. The van der Waals surface area contributed by atoms with Crippen LogP contribution in [0.25, 0.3) is 45.2 Å². The summed E-state index contributed by atoms with van der Waals surface area (Å²) in [7, 11) is 0.739. The topological polar surface area (TPSA) is 115 Å². The molecule has 1 N–H and O–H groups in total. The van der Waals surface area contributed by atoms with Gasteiger partial charge in [-0.3, -0.25) is 13.9 Å². The molecule has 6 rings (SSSR count). The van der Waals surface area contributed by atoms with Crippen LogP contribution >= 0.6 is 0 Å². The Hall–Kier alpha value is -5.03. The molecule has 224 valence electrons. The van der Waals surface area contributed by atoms with E-state index in [0.29, 0.717) is 45.4 Å². The predicted octanol–water partition coefficient (Wildman–Crippen LogP) is 5.16. The van der Waals surface area contributed by atoms with E-state index in [0.717, 1.165) is 21.7 Å². The SMILES string of the molecule is CNC(=O)c1c(-c2ccc(C)cc2)oc2cc(N(C)S(C)(=O)=O)c(-c3cn(C)c(=O)c(C4=Cc5c(F)cccc5C4)n3)cc12. The standard InChI is InChI=1S/C33H29FN4O5S/c1-18-9-11-19(12-10-18)31-29(32(39)35-2)24-15-23(27(16-28(24)43-31)38(4)44(5,41)42)26-17-37(3)33(40)30(36-26)21-13-20-7-6-8-25(34)22(20)14-21/h6-12,14-17H,13H2,1-5H3,(H,35,39). The van der Waals surface area contributed by atoms with Gasteiger partial charge in [-0.15, -0.1) is 0 Å². The van der Waals surface area contributed by atoms with Crippen LogP contribution in [0, 0.1) is 12.7 Å². The molecule has 0 fully saturated rings. The van der Waals surface area contributed by atoms with Crippen molar-refractivity contribution in [1.82, 2.24) is 14.9 Å².